The fraction of sp³-hybridized carbons (Fsp3) is 0.385. The molecule has 0 aliphatic heterocycles. The van der Waals surface area contributed by atoms with Crippen LogP contribution in [0.25, 0.3) is 0 Å². The molecule has 19 heavy (non-hydrogen) atoms. The Morgan fingerprint density at radius 1 is 1.32 bits per heavy atom. The lowest BCUT2D eigenvalue weighted by atomic mass is 10.0. The summed E-state index contributed by atoms with van der Waals surface area (Å²) in [6.07, 6.45) is -0.915. The molecule has 0 radical (unpaired) electrons. The minimum absolute atomic E-state index is 0.00713. The molecule has 0 saturated carbocycles. The largest absolute Gasteiger partial charge is 0.387 e. The van der Waals surface area contributed by atoms with Crippen LogP contribution in [0.4, 0.5) is 8.78 Å². The fourth-order valence-corrected chi connectivity index (χ4v) is 2.63. The third kappa shape index (κ3) is 2.96. The number of hydrogen-bond donors (Lipinski definition) is 1. The zero-order valence-corrected chi connectivity index (χ0v) is 11.4. The van der Waals surface area contributed by atoms with Crippen molar-refractivity contribution in [2.75, 3.05) is 0 Å². The zero-order valence-electron chi connectivity index (χ0n) is 10.6. The molecule has 1 aromatic carbocycles. The van der Waals surface area contributed by atoms with Crippen molar-refractivity contribution in [3.63, 3.8) is 0 Å². The first-order chi connectivity index (χ1) is 9.00. The average Bonchev–Trinajstić information content (AvgIpc) is 2.84. The number of aliphatic hydroxyl groups is 1. The maximum absolute atomic E-state index is 13.5. The Morgan fingerprint density at radius 2 is 2.05 bits per heavy atom. The van der Waals surface area contributed by atoms with Crippen LogP contribution in [0.5, 0.6) is 0 Å². The van der Waals surface area contributed by atoms with Gasteiger partial charge in [-0.1, -0.05) is 30.5 Å². The standard InChI is InChI=1S/C13H14F2N2OS/c1-7(2)12-13(19-17-16-12)10(18)6-8-4-3-5-9(14)11(8)15/h3-5,7,10,18H,6H2,1-2H3. The maximum atomic E-state index is 13.5. The third-order valence-electron chi connectivity index (χ3n) is 2.83. The minimum atomic E-state index is -0.923. The van der Waals surface area contributed by atoms with E-state index in [0.29, 0.717) is 10.6 Å². The molecule has 0 spiro atoms. The van der Waals surface area contributed by atoms with Crippen molar-refractivity contribution in [2.24, 2.45) is 0 Å². The summed E-state index contributed by atoms with van der Waals surface area (Å²) in [6, 6.07) is 3.94. The van der Waals surface area contributed by atoms with E-state index in [1.165, 1.54) is 12.1 Å². The smallest absolute Gasteiger partial charge is 0.162 e. The molecule has 0 saturated heterocycles. The number of rotatable bonds is 4. The van der Waals surface area contributed by atoms with Crippen molar-refractivity contribution in [1.29, 1.82) is 0 Å². The summed E-state index contributed by atoms with van der Waals surface area (Å²) in [6.45, 7) is 3.88. The second-order valence-electron chi connectivity index (χ2n) is 4.61. The van der Waals surface area contributed by atoms with Gasteiger partial charge in [-0.25, -0.2) is 8.78 Å². The van der Waals surface area contributed by atoms with E-state index in [9.17, 15) is 13.9 Å². The van der Waals surface area contributed by atoms with Crippen molar-refractivity contribution in [3.05, 3.63) is 46.0 Å². The van der Waals surface area contributed by atoms with Gasteiger partial charge in [0.15, 0.2) is 11.6 Å². The first kappa shape index (κ1) is 14.0. The zero-order chi connectivity index (χ0) is 14.0. The molecule has 0 amide bonds. The van der Waals surface area contributed by atoms with Crippen LogP contribution < -0.4 is 0 Å². The summed E-state index contributed by atoms with van der Waals surface area (Å²) >= 11 is 1.09. The Kier molecular flexibility index (Phi) is 4.21. The predicted molar refractivity (Wildman–Crippen MR) is 69.0 cm³/mol. The molecule has 0 fully saturated rings. The highest BCUT2D eigenvalue weighted by Gasteiger charge is 2.21. The van der Waals surface area contributed by atoms with E-state index in [4.69, 9.17) is 0 Å². The molecule has 102 valence electrons. The SMILES string of the molecule is CC(C)c1nnsc1C(O)Cc1cccc(F)c1F. The van der Waals surface area contributed by atoms with Crippen LogP contribution in [0.3, 0.4) is 0 Å². The van der Waals surface area contributed by atoms with Crippen molar-refractivity contribution >= 4 is 11.5 Å². The van der Waals surface area contributed by atoms with Gasteiger partial charge >= 0.3 is 0 Å². The van der Waals surface area contributed by atoms with E-state index in [2.05, 4.69) is 9.59 Å². The molecule has 0 aliphatic carbocycles. The van der Waals surface area contributed by atoms with E-state index in [-0.39, 0.29) is 17.9 Å². The summed E-state index contributed by atoms with van der Waals surface area (Å²) in [4.78, 5) is 0.610. The molecule has 1 heterocycles. The summed E-state index contributed by atoms with van der Waals surface area (Å²) < 4.78 is 30.5. The molecule has 2 aromatic rings. The van der Waals surface area contributed by atoms with Crippen LogP contribution in [0.15, 0.2) is 18.2 Å². The summed E-state index contributed by atoms with van der Waals surface area (Å²) in [5.74, 6) is -1.69. The number of aromatic nitrogens is 2. The van der Waals surface area contributed by atoms with Gasteiger partial charge in [-0.05, 0) is 29.1 Å². The lowest BCUT2D eigenvalue weighted by Crippen LogP contribution is -2.06. The van der Waals surface area contributed by atoms with E-state index in [0.717, 1.165) is 17.6 Å². The molecule has 6 heteroatoms. The van der Waals surface area contributed by atoms with Gasteiger partial charge < -0.3 is 5.11 Å². The van der Waals surface area contributed by atoms with E-state index < -0.39 is 17.7 Å². The van der Waals surface area contributed by atoms with E-state index >= 15 is 0 Å². The van der Waals surface area contributed by atoms with Crippen molar-refractivity contribution < 1.29 is 13.9 Å². The molecule has 1 aromatic heterocycles. The molecular formula is C13H14F2N2OS. The van der Waals surface area contributed by atoms with Gasteiger partial charge in [0.05, 0.1) is 16.7 Å². The number of nitrogens with zero attached hydrogens (tertiary/aromatic N) is 2. The number of hydrogen-bond acceptors (Lipinski definition) is 4. The van der Waals surface area contributed by atoms with E-state index in [1.807, 2.05) is 13.8 Å². The Hall–Kier alpha value is -1.40. The van der Waals surface area contributed by atoms with Gasteiger partial charge in [-0.2, -0.15) is 0 Å². The lowest BCUT2D eigenvalue weighted by molar-refractivity contribution is 0.179. The van der Waals surface area contributed by atoms with Crippen molar-refractivity contribution in [1.82, 2.24) is 9.59 Å². The number of aliphatic hydroxyl groups excluding tert-OH is 1. The topological polar surface area (TPSA) is 46.0 Å². The van der Waals surface area contributed by atoms with Gasteiger partial charge in [0.1, 0.15) is 0 Å². The summed E-state index contributed by atoms with van der Waals surface area (Å²) in [7, 11) is 0. The molecular weight excluding hydrogens is 270 g/mol. The van der Waals surface area contributed by atoms with E-state index in [1.54, 1.807) is 0 Å². The molecule has 1 atom stereocenters. The van der Waals surface area contributed by atoms with Crippen LogP contribution in [0.1, 0.15) is 42.0 Å². The third-order valence-corrected chi connectivity index (χ3v) is 3.68. The molecule has 2 rings (SSSR count). The predicted octanol–water partition coefficient (Wildman–Crippen LogP) is 3.22. The van der Waals surface area contributed by atoms with Crippen molar-refractivity contribution in [3.8, 4) is 0 Å². The highest BCUT2D eigenvalue weighted by Crippen LogP contribution is 2.29. The number of benzene rings is 1. The average molecular weight is 284 g/mol. The molecule has 1 unspecified atom stereocenters. The molecule has 0 aliphatic rings. The Morgan fingerprint density at radius 3 is 2.74 bits per heavy atom. The normalized spacial score (nSPS) is 12.9. The maximum Gasteiger partial charge on any atom is 0.162 e. The van der Waals surface area contributed by atoms with Gasteiger partial charge in [0.25, 0.3) is 0 Å². The van der Waals surface area contributed by atoms with Crippen LogP contribution in [0.2, 0.25) is 0 Å². The van der Waals surface area contributed by atoms with Gasteiger partial charge in [0, 0.05) is 6.42 Å². The van der Waals surface area contributed by atoms with Gasteiger partial charge in [-0.15, -0.1) is 5.10 Å². The van der Waals surface area contributed by atoms with Crippen LogP contribution in [-0.4, -0.2) is 14.7 Å². The quantitative estimate of drug-likeness (QED) is 0.937. The minimum Gasteiger partial charge on any atom is -0.387 e. The second-order valence-corrected chi connectivity index (χ2v) is 5.40. The fourth-order valence-electron chi connectivity index (χ4n) is 1.84. The first-order valence-corrected chi connectivity index (χ1v) is 6.71. The Labute approximate surface area is 114 Å². The first-order valence-electron chi connectivity index (χ1n) is 5.93. The highest BCUT2D eigenvalue weighted by atomic mass is 32.1. The summed E-state index contributed by atoms with van der Waals surface area (Å²) in [5.41, 5.74) is 0.852. The highest BCUT2D eigenvalue weighted by molar-refractivity contribution is 7.05. The summed E-state index contributed by atoms with van der Waals surface area (Å²) in [5, 5.41) is 14.1. The second kappa shape index (κ2) is 5.71. The molecule has 3 nitrogen and oxygen atoms in total. The Balaban J connectivity index is 2.23. The monoisotopic (exact) mass is 284 g/mol. The Bertz CT molecular complexity index is 572. The van der Waals surface area contributed by atoms with Crippen LogP contribution in [-0.2, 0) is 6.42 Å². The molecule has 1 N–H and O–H groups in total. The van der Waals surface area contributed by atoms with Crippen LogP contribution in [0, 0.1) is 11.6 Å². The van der Waals surface area contributed by atoms with Crippen molar-refractivity contribution in [2.45, 2.75) is 32.3 Å². The van der Waals surface area contributed by atoms with Crippen LogP contribution >= 0.6 is 11.5 Å². The lowest BCUT2D eigenvalue weighted by Gasteiger charge is -2.12. The number of halogens is 2. The molecule has 0 bridgehead atoms. The van der Waals surface area contributed by atoms with Gasteiger partial charge in [-0.3, -0.25) is 0 Å². The van der Waals surface area contributed by atoms with Gasteiger partial charge in [0.2, 0.25) is 0 Å².